The molecule has 0 fully saturated rings. The zero-order valence-electron chi connectivity index (χ0n) is 14.3. The number of hydrogen-bond donors (Lipinski definition) is 1. The Morgan fingerprint density at radius 2 is 2.13 bits per heavy atom. The second-order valence-corrected chi connectivity index (χ2v) is 7.31. The van der Waals surface area contributed by atoms with Gasteiger partial charge in [0.2, 0.25) is 0 Å². The molecule has 2 aromatic rings. The number of anilines is 1. The van der Waals surface area contributed by atoms with Crippen LogP contribution >= 0.6 is 11.5 Å². The highest BCUT2D eigenvalue weighted by atomic mass is 32.1. The van der Waals surface area contributed by atoms with Crippen molar-refractivity contribution in [1.82, 2.24) is 9.27 Å². The Labute approximate surface area is 141 Å². The van der Waals surface area contributed by atoms with Gasteiger partial charge < -0.3 is 15.0 Å². The van der Waals surface area contributed by atoms with E-state index in [1.165, 1.54) is 11.5 Å². The number of nitrogens with one attached hydrogen (secondary N) is 1. The van der Waals surface area contributed by atoms with E-state index in [0.29, 0.717) is 19.6 Å². The van der Waals surface area contributed by atoms with Gasteiger partial charge in [-0.25, -0.2) is 4.79 Å². The minimum atomic E-state index is -0.465. The molecule has 0 bridgehead atoms. The van der Waals surface area contributed by atoms with E-state index in [1.807, 2.05) is 33.0 Å². The highest BCUT2D eigenvalue weighted by Gasteiger charge is 2.21. The SMILES string of the molecule is CCCN(CCNc1ccc2cnsc2c1)C(=O)OC(C)(C)C. The lowest BCUT2D eigenvalue weighted by molar-refractivity contribution is 0.0257. The molecule has 6 heteroatoms. The van der Waals surface area contributed by atoms with Crippen LogP contribution in [-0.2, 0) is 4.74 Å². The van der Waals surface area contributed by atoms with Crippen molar-refractivity contribution >= 4 is 33.4 Å². The molecule has 23 heavy (non-hydrogen) atoms. The van der Waals surface area contributed by atoms with Crippen LogP contribution in [0.25, 0.3) is 10.1 Å². The van der Waals surface area contributed by atoms with E-state index in [4.69, 9.17) is 4.74 Å². The number of rotatable bonds is 6. The third-order valence-corrected chi connectivity index (χ3v) is 3.97. The van der Waals surface area contributed by atoms with Crippen LogP contribution in [0.4, 0.5) is 10.5 Å². The third kappa shape index (κ3) is 5.39. The van der Waals surface area contributed by atoms with Gasteiger partial charge in [-0.1, -0.05) is 6.92 Å². The van der Waals surface area contributed by atoms with Gasteiger partial charge in [0.05, 0.1) is 4.70 Å². The molecule has 0 saturated heterocycles. The summed E-state index contributed by atoms with van der Waals surface area (Å²) in [5.41, 5.74) is 0.579. The topological polar surface area (TPSA) is 54.5 Å². The van der Waals surface area contributed by atoms with Crippen molar-refractivity contribution in [3.05, 3.63) is 24.4 Å². The van der Waals surface area contributed by atoms with Gasteiger partial charge in [-0.3, -0.25) is 0 Å². The highest BCUT2D eigenvalue weighted by Crippen LogP contribution is 2.22. The summed E-state index contributed by atoms with van der Waals surface area (Å²) in [5, 5.41) is 4.52. The molecule has 0 saturated carbocycles. The number of carbonyl (C=O) groups is 1. The predicted molar refractivity (Wildman–Crippen MR) is 96.2 cm³/mol. The minimum absolute atomic E-state index is 0.251. The Hall–Kier alpha value is -1.82. The summed E-state index contributed by atoms with van der Waals surface area (Å²) in [6.45, 7) is 9.71. The number of nitrogens with zero attached hydrogens (tertiary/aromatic N) is 2. The molecule has 0 aliphatic carbocycles. The van der Waals surface area contributed by atoms with Crippen LogP contribution in [0, 0.1) is 0 Å². The van der Waals surface area contributed by atoms with Gasteiger partial charge in [-0.2, -0.15) is 4.37 Å². The second-order valence-electron chi connectivity index (χ2n) is 6.47. The average Bonchev–Trinajstić information content (AvgIpc) is 2.92. The van der Waals surface area contributed by atoms with Gasteiger partial charge in [-0.05, 0) is 56.9 Å². The first-order valence-electron chi connectivity index (χ1n) is 7.95. The number of amides is 1. The van der Waals surface area contributed by atoms with Crippen molar-refractivity contribution in [2.75, 3.05) is 25.0 Å². The van der Waals surface area contributed by atoms with Crippen LogP contribution in [0.5, 0.6) is 0 Å². The predicted octanol–water partition coefficient (Wildman–Crippen LogP) is 4.36. The molecule has 1 aromatic carbocycles. The largest absolute Gasteiger partial charge is 0.444 e. The molecule has 0 atom stereocenters. The van der Waals surface area contributed by atoms with Crippen LogP contribution in [0.2, 0.25) is 0 Å². The van der Waals surface area contributed by atoms with Crippen LogP contribution in [0.1, 0.15) is 34.1 Å². The lowest BCUT2D eigenvalue weighted by Crippen LogP contribution is -2.39. The van der Waals surface area contributed by atoms with Crippen LogP contribution in [-0.4, -0.2) is 40.6 Å². The van der Waals surface area contributed by atoms with E-state index < -0.39 is 5.60 Å². The fourth-order valence-electron chi connectivity index (χ4n) is 2.20. The molecule has 0 spiro atoms. The highest BCUT2D eigenvalue weighted by molar-refractivity contribution is 7.13. The van der Waals surface area contributed by atoms with Crippen molar-refractivity contribution < 1.29 is 9.53 Å². The van der Waals surface area contributed by atoms with Gasteiger partial charge in [-0.15, -0.1) is 0 Å². The molecule has 5 nitrogen and oxygen atoms in total. The first-order valence-corrected chi connectivity index (χ1v) is 8.72. The number of aromatic nitrogens is 1. The van der Waals surface area contributed by atoms with E-state index in [9.17, 15) is 4.79 Å². The van der Waals surface area contributed by atoms with Gasteiger partial charge in [0.25, 0.3) is 0 Å². The molecule has 1 amide bonds. The second kappa shape index (κ2) is 7.64. The number of hydrogen-bond acceptors (Lipinski definition) is 5. The maximum absolute atomic E-state index is 12.2. The van der Waals surface area contributed by atoms with Gasteiger partial charge in [0, 0.05) is 36.9 Å². The van der Waals surface area contributed by atoms with Crippen molar-refractivity contribution in [2.24, 2.45) is 0 Å². The number of fused-ring (bicyclic) bond motifs is 1. The van der Waals surface area contributed by atoms with Crippen LogP contribution in [0.3, 0.4) is 0 Å². The molecule has 0 aliphatic heterocycles. The molecular formula is C17H25N3O2S. The third-order valence-electron chi connectivity index (χ3n) is 3.21. The maximum atomic E-state index is 12.2. The van der Waals surface area contributed by atoms with Crippen LogP contribution in [0.15, 0.2) is 24.4 Å². The quantitative estimate of drug-likeness (QED) is 0.852. The minimum Gasteiger partial charge on any atom is -0.444 e. The standard InChI is InChI=1S/C17H25N3O2S/c1-5-9-20(16(21)22-17(2,3)4)10-8-18-14-7-6-13-12-19-23-15(13)11-14/h6-7,11-12,18H,5,8-10H2,1-4H3. The van der Waals surface area contributed by atoms with E-state index in [2.05, 4.69) is 28.7 Å². The number of benzene rings is 1. The van der Waals surface area contributed by atoms with Gasteiger partial charge in [0.1, 0.15) is 5.60 Å². The zero-order valence-corrected chi connectivity index (χ0v) is 15.1. The van der Waals surface area contributed by atoms with Gasteiger partial charge in [0.15, 0.2) is 0 Å². The summed E-state index contributed by atoms with van der Waals surface area (Å²) in [4.78, 5) is 14.0. The summed E-state index contributed by atoms with van der Waals surface area (Å²) in [6.07, 6.45) is 2.53. The monoisotopic (exact) mass is 335 g/mol. The van der Waals surface area contributed by atoms with Crippen LogP contribution < -0.4 is 5.32 Å². The smallest absolute Gasteiger partial charge is 0.410 e. The van der Waals surface area contributed by atoms with Crippen molar-refractivity contribution in [3.8, 4) is 0 Å². The Kier molecular flexibility index (Phi) is 5.82. The summed E-state index contributed by atoms with van der Waals surface area (Å²) >= 11 is 1.49. The lowest BCUT2D eigenvalue weighted by atomic mass is 10.2. The molecule has 0 aliphatic rings. The van der Waals surface area contributed by atoms with E-state index in [-0.39, 0.29) is 6.09 Å². The fourth-order valence-corrected chi connectivity index (χ4v) is 2.88. The maximum Gasteiger partial charge on any atom is 0.410 e. The zero-order chi connectivity index (χ0) is 16.9. The Balaban J connectivity index is 1.89. The summed E-state index contributed by atoms with van der Waals surface area (Å²) in [6, 6.07) is 6.18. The average molecular weight is 335 g/mol. The van der Waals surface area contributed by atoms with Crippen molar-refractivity contribution in [2.45, 2.75) is 39.7 Å². The normalized spacial score (nSPS) is 11.5. The number of carbonyl (C=O) groups excluding carboxylic acids is 1. The molecule has 1 N–H and O–H groups in total. The first kappa shape index (κ1) is 17.5. The number of ether oxygens (including phenoxy) is 1. The van der Waals surface area contributed by atoms with Gasteiger partial charge >= 0.3 is 6.09 Å². The molecule has 0 unspecified atom stereocenters. The molecule has 1 heterocycles. The molecule has 2 rings (SSSR count). The molecular weight excluding hydrogens is 310 g/mol. The molecule has 1 aromatic heterocycles. The Bertz CT molecular complexity index is 649. The lowest BCUT2D eigenvalue weighted by Gasteiger charge is -2.27. The Morgan fingerprint density at radius 1 is 1.35 bits per heavy atom. The van der Waals surface area contributed by atoms with E-state index in [0.717, 1.165) is 22.2 Å². The molecule has 126 valence electrons. The fraction of sp³-hybridized carbons (Fsp3) is 0.529. The van der Waals surface area contributed by atoms with Crippen molar-refractivity contribution in [1.29, 1.82) is 0 Å². The van der Waals surface area contributed by atoms with E-state index in [1.54, 1.807) is 4.90 Å². The Morgan fingerprint density at radius 3 is 2.83 bits per heavy atom. The molecule has 0 radical (unpaired) electrons. The summed E-state index contributed by atoms with van der Waals surface area (Å²) in [5.74, 6) is 0. The van der Waals surface area contributed by atoms with Crippen molar-refractivity contribution in [3.63, 3.8) is 0 Å². The summed E-state index contributed by atoms with van der Waals surface area (Å²) in [7, 11) is 0. The first-order chi connectivity index (χ1) is 10.9. The van der Waals surface area contributed by atoms with E-state index >= 15 is 0 Å². The summed E-state index contributed by atoms with van der Waals surface area (Å²) < 4.78 is 10.8.